The number of nitrogens with one attached hydrogen (secondary N) is 1. The molecule has 0 spiro atoms. The molecule has 9 heteroatoms. The van der Waals surface area contributed by atoms with Crippen LogP contribution in [0.25, 0.3) is 0 Å². The minimum atomic E-state index is -0.395. The van der Waals surface area contributed by atoms with Gasteiger partial charge in [0, 0.05) is 66.0 Å². The molecule has 4 atom stereocenters. The van der Waals surface area contributed by atoms with E-state index in [4.69, 9.17) is 28.4 Å². The lowest BCUT2D eigenvalue weighted by Gasteiger charge is -2.39. The summed E-state index contributed by atoms with van der Waals surface area (Å²) in [4.78, 5) is 2.37. The van der Waals surface area contributed by atoms with Gasteiger partial charge in [0.15, 0.2) is 0 Å². The summed E-state index contributed by atoms with van der Waals surface area (Å²) in [6, 6.07) is 14.6. The Labute approximate surface area is 245 Å². The Morgan fingerprint density at radius 1 is 0.951 bits per heavy atom. The van der Waals surface area contributed by atoms with Crippen LogP contribution in [0.2, 0.25) is 0 Å². The SMILES string of the molecule is COCCCOc1ccc([C@@H]2[C@@H](OCc3ccc4c(c3)N(CCCOC)CCO4)CNC[C@H]2OCC[C@H](C)O)cc1. The lowest BCUT2D eigenvalue weighted by molar-refractivity contribution is -0.0639. The molecule has 2 N–H and O–H groups in total. The fourth-order valence-corrected chi connectivity index (χ4v) is 5.43. The maximum atomic E-state index is 9.76. The average molecular weight is 573 g/mol. The molecule has 2 aliphatic rings. The van der Waals surface area contributed by atoms with E-state index in [1.807, 2.05) is 12.1 Å². The van der Waals surface area contributed by atoms with Crippen LogP contribution in [0.1, 0.15) is 43.2 Å². The molecule has 1 fully saturated rings. The third-order valence-corrected chi connectivity index (χ3v) is 7.61. The summed E-state index contributed by atoms with van der Waals surface area (Å²) in [5, 5.41) is 13.3. The van der Waals surface area contributed by atoms with Crippen molar-refractivity contribution in [3.05, 3.63) is 53.6 Å². The predicted molar refractivity (Wildman–Crippen MR) is 159 cm³/mol. The predicted octanol–water partition coefficient (Wildman–Crippen LogP) is 3.77. The number of hydrogen-bond acceptors (Lipinski definition) is 9. The summed E-state index contributed by atoms with van der Waals surface area (Å²) in [5.41, 5.74) is 3.39. The first-order valence-electron chi connectivity index (χ1n) is 14.9. The van der Waals surface area contributed by atoms with Gasteiger partial charge in [-0.25, -0.2) is 0 Å². The number of methoxy groups -OCH3 is 2. The number of benzene rings is 2. The highest BCUT2D eigenvalue weighted by molar-refractivity contribution is 5.61. The van der Waals surface area contributed by atoms with Gasteiger partial charge in [0.05, 0.1) is 43.8 Å². The van der Waals surface area contributed by atoms with Gasteiger partial charge in [-0.3, -0.25) is 0 Å². The Kier molecular flexibility index (Phi) is 13.0. The number of rotatable bonds is 17. The summed E-state index contributed by atoms with van der Waals surface area (Å²) in [7, 11) is 3.44. The Morgan fingerprint density at radius 2 is 1.71 bits per heavy atom. The maximum absolute atomic E-state index is 9.76. The fourth-order valence-electron chi connectivity index (χ4n) is 5.43. The second kappa shape index (κ2) is 16.9. The molecule has 2 heterocycles. The molecule has 0 unspecified atom stereocenters. The van der Waals surface area contributed by atoms with Crippen LogP contribution in [0.4, 0.5) is 5.69 Å². The van der Waals surface area contributed by atoms with E-state index in [9.17, 15) is 5.11 Å². The smallest absolute Gasteiger partial charge is 0.142 e. The summed E-state index contributed by atoms with van der Waals surface area (Å²) in [5.74, 6) is 1.80. The van der Waals surface area contributed by atoms with Gasteiger partial charge < -0.3 is 43.7 Å². The van der Waals surface area contributed by atoms with E-state index >= 15 is 0 Å². The van der Waals surface area contributed by atoms with E-state index in [0.29, 0.717) is 39.5 Å². The zero-order valence-electron chi connectivity index (χ0n) is 24.9. The van der Waals surface area contributed by atoms with Crippen molar-refractivity contribution < 1.29 is 33.5 Å². The van der Waals surface area contributed by atoms with E-state index in [1.165, 1.54) is 0 Å². The van der Waals surface area contributed by atoms with Crippen LogP contribution in [0.5, 0.6) is 11.5 Å². The van der Waals surface area contributed by atoms with E-state index in [1.54, 1.807) is 21.1 Å². The molecule has 0 aromatic heterocycles. The number of piperidine rings is 1. The first-order valence-corrected chi connectivity index (χ1v) is 14.9. The van der Waals surface area contributed by atoms with Crippen molar-refractivity contribution in [2.24, 2.45) is 0 Å². The van der Waals surface area contributed by atoms with Crippen LogP contribution in [-0.4, -0.2) is 96.9 Å². The molecule has 0 aliphatic carbocycles. The highest BCUT2D eigenvalue weighted by atomic mass is 16.5. The summed E-state index contributed by atoms with van der Waals surface area (Å²) in [6.45, 7) is 8.77. The Balaban J connectivity index is 1.45. The van der Waals surface area contributed by atoms with Crippen molar-refractivity contribution in [1.82, 2.24) is 5.32 Å². The van der Waals surface area contributed by atoms with Gasteiger partial charge in [-0.2, -0.15) is 0 Å². The van der Waals surface area contributed by atoms with Crippen molar-refractivity contribution >= 4 is 5.69 Å². The van der Waals surface area contributed by atoms with Gasteiger partial charge >= 0.3 is 0 Å². The number of aliphatic hydroxyl groups is 1. The van der Waals surface area contributed by atoms with Crippen LogP contribution in [0.3, 0.4) is 0 Å². The molecule has 0 bridgehead atoms. The molecule has 2 aromatic rings. The van der Waals surface area contributed by atoms with Crippen LogP contribution >= 0.6 is 0 Å². The van der Waals surface area contributed by atoms with Gasteiger partial charge in [0.1, 0.15) is 18.1 Å². The van der Waals surface area contributed by atoms with Crippen molar-refractivity contribution in [3.8, 4) is 11.5 Å². The van der Waals surface area contributed by atoms with Crippen LogP contribution in [-0.2, 0) is 25.6 Å². The van der Waals surface area contributed by atoms with E-state index in [2.05, 4.69) is 40.5 Å². The molecular weight excluding hydrogens is 524 g/mol. The minimum Gasteiger partial charge on any atom is -0.494 e. The van der Waals surface area contributed by atoms with Crippen molar-refractivity contribution in [1.29, 1.82) is 0 Å². The van der Waals surface area contributed by atoms with Crippen LogP contribution in [0, 0.1) is 0 Å². The van der Waals surface area contributed by atoms with Crippen molar-refractivity contribution in [2.45, 2.75) is 57.0 Å². The standard InChI is InChI=1S/C32H48N2O7/c1-24(35)12-18-39-30-21-33-22-31(32(30)26-7-9-27(10-8-26)38-17-5-16-37-3)41-23-25-6-11-29-28(20-25)34(14-19-40-29)13-4-15-36-2/h6-11,20,24,30-33,35H,4-5,12-19,21-23H2,1-3H3/t24-,30+,31-,32-/m0/s1. The molecular formula is C32H48N2O7. The zero-order chi connectivity index (χ0) is 28.9. The second-order valence-electron chi connectivity index (χ2n) is 10.8. The molecule has 41 heavy (non-hydrogen) atoms. The van der Waals surface area contributed by atoms with Gasteiger partial charge in [-0.15, -0.1) is 0 Å². The molecule has 1 saturated heterocycles. The van der Waals surface area contributed by atoms with Crippen molar-refractivity contribution in [2.75, 3.05) is 78.3 Å². The van der Waals surface area contributed by atoms with E-state index in [-0.39, 0.29) is 18.1 Å². The first kappa shape index (κ1) is 31.5. The quantitative estimate of drug-likeness (QED) is 0.275. The number of anilines is 1. The maximum Gasteiger partial charge on any atom is 0.142 e. The van der Waals surface area contributed by atoms with Gasteiger partial charge in [0.25, 0.3) is 0 Å². The van der Waals surface area contributed by atoms with Crippen molar-refractivity contribution in [3.63, 3.8) is 0 Å². The molecule has 0 radical (unpaired) electrons. The number of hydrogen-bond donors (Lipinski definition) is 2. The largest absolute Gasteiger partial charge is 0.494 e. The van der Waals surface area contributed by atoms with Gasteiger partial charge in [0.2, 0.25) is 0 Å². The van der Waals surface area contributed by atoms with Gasteiger partial charge in [-0.1, -0.05) is 18.2 Å². The Morgan fingerprint density at radius 3 is 2.46 bits per heavy atom. The van der Waals surface area contributed by atoms with E-state index < -0.39 is 6.10 Å². The highest BCUT2D eigenvalue weighted by Gasteiger charge is 2.36. The molecule has 228 valence electrons. The van der Waals surface area contributed by atoms with Gasteiger partial charge in [-0.05, 0) is 55.2 Å². The Bertz CT molecular complexity index is 1020. The summed E-state index contributed by atoms with van der Waals surface area (Å²) < 4.78 is 35.1. The summed E-state index contributed by atoms with van der Waals surface area (Å²) in [6.07, 6.45) is 1.86. The second-order valence-corrected chi connectivity index (χ2v) is 10.8. The molecule has 4 rings (SSSR count). The third-order valence-electron chi connectivity index (χ3n) is 7.61. The first-order chi connectivity index (χ1) is 20.1. The highest BCUT2D eigenvalue weighted by Crippen LogP contribution is 2.35. The summed E-state index contributed by atoms with van der Waals surface area (Å²) >= 11 is 0. The molecule has 2 aliphatic heterocycles. The van der Waals surface area contributed by atoms with E-state index in [0.717, 1.165) is 73.9 Å². The van der Waals surface area contributed by atoms with Crippen LogP contribution < -0.4 is 19.7 Å². The lowest BCUT2D eigenvalue weighted by atomic mass is 9.85. The number of nitrogens with zero attached hydrogens (tertiary/aromatic N) is 1. The fraction of sp³-hybridized carbons (Fsp3) is 0.625. The third kappa shape index (κ3) is 9.56. The average Bonchev–Trinajstić information content (AvgIpc) is 2.99. The number of aliphatic hydroxyl groups excluding tert-OH is 1. The minimum absolute atomic E-state index is 0.0410. The Hall–Kier alpha value is -2.40. The molecule has 0 amide bonds. The monoisotopic (exact) mass is 572 g/mol. The molecule has 9 nitrogen and oxygen atoms in total. The van der Waals surface area contributed by atoms with Crippen LogP contribution in [0.15, 0.2) is 42.5 Å². The zero-order valence-corrected chi connectivity index (χ0v) is 24.9. The molecule has 2 aromatic carbocycles. The molecule has 0 saturated carbocycles. The lowest BCUT2D eigenvalue weighted by Crippen LogP contribution is -2.50. The normalized spacial score (nSPS) is 21.3. The topological polar surface area (TPSA) is 90.9 Å². The number of fused-ring (bicyclic) bond motifs is 1. The number of ether oxygens (including phenoxy) is 6.